The van der Waals surface area contributed by atoms with Crippen LogP contribution < -0.4 is 0 Å². The van der Waals surface area contributed by atoms with Gasteiger partial charge in [-0.05, 0) is 21.6 Å². The molecule has 0 saturated heterocycles. The van der Waals surface area contributed by atoms with Crippen LogP contribution in [0.5, 0.6) is 0 Å². The van der Waals surface area contributed by atoms with Gasteiger partial charge in [-0.1, -0.05) is 57.7 Å². The quantitative estimate of drug-likeness (QED) is 0.831. The topological polar surface area (TPSA) is 43.6 Å². The van der Waals surface area contributed by atoms with Gasteiger partial charge in [0.05, 0.1) is 6.54 Å². The van der Waals surface area contributed by atoms with Crippen molar-refractivity contribution in [3.8, 4) is 0 Å². The Kier molecular flexibility index (Phi) is 3.28. The molecule has 1 aromatic carbocycles. The molecule has 2 aromatic rings. The van der Waals surface area contributed by atoms with E-state index in [1.165, 1.54) is 5.56 Å². The molecular formula is C14H18N4. The zero-order chi connectivity index (χ0) is 13.2. The number of hydrogen-bond donors (Lipinski definition) is 0. The fraction of sp³-hybridized carbons (Fsp3) is 0.357. The van der Waals surface area contributed by atoms with Gasteiger partial charge in [-0.15, -0.1) is 5.10 Å². The van der Waals surface area contributed by atoms with E-state index in [0.717, 1.165) is 11.4 Å². The molecule has 0 fully saturated rings. The second-order valence-corrected chi connectivity index (χ2v) is 5.36. The zero-order valence-electron chi connectivity index (χ0n) is 11.1. The molecule has 0 aliphatic heterocycles. The maximum absolute atomic E-state index is 4.10. The third-order valence-electron chi connectivity index (χ3n) is 2.75. The van der Waals surface area contributed by atoms with Gasteiger partial charge in [0.1, 0.15) is 0 Å². The predicted octanol–water partition coefficient (Wildman–Crippen LogP) is 2.66. The maximum atomic E-state index is 4.10. The third-order valence-corrected chi connectivity index (χ3v) is 2.75. The van der Waals surface area contributed by atoms with Gasteiger partial charge in [0.25, 0.3) is 0 Å². The van der Waals surface area contributed by atoms with E-state index in [9.17, 15) is 0 Å². The molecule has 18 heavy (non-hydrogen) atoms. The number of tetrazole rings is 1. The molecule has 0 amide bonds. The van der Waals surface area contributed by atoms with Crippen molar-refractivity contribution in [3.05, 3.63) is 47.8 Å². The van der Waals surface area contributed by atoms with Crippen molar-refractivity contribution in [2.75, 3.05) is 0 Å². The van der Waals surface area contributed by atoms with Crippen molar-refractivity contribution in [1.29, 1.82) is 0 Å². The molecular weight excluding hydrogens is 224 g/mol. The Hall–Kier alpha value is -1.97. The van der Waals surface area contributed by atoms with Crippen LogP contribution in [0.25, 0.3) is 6.08 Å². The second-order valence-electron chi connectivity index (χ2n) is 5.36. The number of benzene rings is 1. The van der Waals surface area contributed by atoms with Crippen LogP contribution in [-0.2, 0) is 12.0 Å². The van der Waals surface area contributed by atoms with E-state index >= 15 is 0 Å². The molecule has 0 N–H and O–H groups in total. The molecule has 0 saturated carbocycles. The highest BCUT2D eigenvalue weighted by atomic mass is 15.5. The Labute approximate surface area is 107 Å². The van der Waals surface area contributed by atoms with Gasteiger partial charge >= 0.3 is 0 Å². The van der Waals surface area contributed by atoms with Crippen LogP contribution in [-0.4, -0.2) is 20.2 Å². The molecule has 4 nitrogen and oxygen atoms in total. The van der Waals surface area contributed by atoms with Crippen LogP contribution in [0.1, 0.15) is 37.7 Å². The Morgan fingerprint density at radius 2 is 1.89 bits per heavy atom. The minimum absolute atomic E-state index is 0.0510. The molecule has 94 valence electrons. The molecule has 0 unspecified atom stereocenters. The summed E-state index contributed by atoms with van der Waals surface area (Å²) in [6, 6.07) is 8.24. The monoisotopic (exact) mass is 242 g/mol. The van der Waals surface area contributed by atoms with Crippen molar-refractivity contribution in [3.63, 3.8) is 0 Å². The fourth-order valence-corrected chi connectivity index (χ4v) is 1.78. The molecule has 0 radical (unpaired) electrons. The average molecular weight is 242 g/mol. The van der Waals surface area contributed by atoms with E-state index in [2.05, 4.69) is 55.0 Å². The van der Waals surface area contributed by atoms with Crippen LogP contribution in [0.2, 0.25) is 0 Å². The van der Waals surface area contributed by atoms with E-state index in [1.807, 2.05) is 22.9 Å². The van der Waals surface area contributed by atoms with Crippen molar-refractivity contribution in [1.82, 2.24) is 20.2 Å². The summed E-state index contributed by atoms with van der Waals surface area (Å²) in [5.41, 5.74) is 2.25. The molecule has 0 aliphatic rings. The summed E-state index contributed by atoms with van der Waals surface area (Å²) < 4.78 is 1.85. The highest BCUT2D eigenvalue weighted by Crippen LogP contribution is 2.19. The lowest BCUT2D eigenvalue weighted by atomic mass is 9.96. The summed E-state index contributed by atoms with van der Waals surface area (Å²) in [6.07, 6.45) is 1.83. The summed E-state index contributed by atoms with van der Waals surface area (Å²) in [7, 11) is 0. The number of aromatic nitrogens is 4. The first kappa shape index (κ1) is 12.5. The highest BCUT2D eigenvalue weighted by molar-refractivity contribution is 5.47. The smallest absolute Gasteiger partial charge is 0.156 e. The molecule has 0 bridgehead atoms. The van der Waals surface area contributed by atoms with Crippen LogP contribution >= 0.6 is 0 Å². The molecule has 4 heteroatoms. The van der Waals surface area contributed by atoms with Gasteiger partial charge in [0.2, 0.25) is 0 Å². The first-order chi connectivity index (χ1) is 8.50. The van der Waals surface area contributed by atoms with Crippen molar-refractivity contribution in [2.45, 2.75) is 32.7 Å². The van der Waals surface area contributed by atoms with Gasteiger partial charge in [0.15, 0.2) is 5.82 Å². The minimum Gasteiger partial charge on any atom is -0.225 e. The Bertz CT molecular complexity index is 532. The number of nitrogens with zero attached hydrogens (tertiary/aromatic N) is 4. The van der Waals surface area contributed by atoms with Crippen LogP contribution in [0, 0.1) is 0 Å². The SMILES string of the molecule is C=Cc1ccc(Cn2nnnc2C(C)(C)C)cc1. The van der Waals surface area contributed by atoms with Crippen molar-refractivity contribution in [2.24, 2.45) is 0 Å². The van der Waals surface area contributed by atoms with Gasteiger partial charge < -0.3 is 0 Å². The molecule has 0 atom stereocenters. The van der Waals surface area contributed by atoms with Crippen LogP contribution in [0.4, 0.5) is 0 Å². The molecule has 2 rings (SSSR count). The summed E-state index contributed by atoms with van der Waals surface area (Å²) in [5.74, 6) is 0.898. The lowest BCUT2D eigenvalue weighted by Crippen LogP contribution is -2.20. The van der Waals surface area contributed by atoms with E-state index in [4.69, 9.17) is 0 Å². The van der Waals surface area contributed by atoms with E-state index in [-0.39, 0.29) is 5.41 Å². The van der Waals surface area contributed by atoms with E-state index in [0.29, 0.717) is 6.54 Å². The second kappa shape index (κ2) is 4.72. The van der Waals surface area contributed by atoms with Gasteiger partial charge in [-0.25, -0.2) is 4.68 Å². The third kappa shape index (κ3) is 2.64. The highest BCUT2D eigenvalue weighted by Gasteiger charge is 2.21. The van der Waals surface area contributed by atoms with E-state index < -0.39 is 0 Å². The van der Waals surface area contributed by atoms with E-state index in [1.54, 1.807) is 0 Å². The minimum atomic E-state index is -0.0510. The molecule has 1 heterocycles. The summed E-state index contributed by atoms with van der Waals surface area (Å²) in [6.45, 7) is 10.8. The Balaban J connectivity index is 2.23. The molecule has 0 spiro atoms. The van der Waals surface area contributed by atoms with Crippen LogP contribution in [0.3, 0.4) is 0 Å². The first-order valence-corrected chi connectivity index (χ1v) is 5.99. The lowest BCUT2D eigenvalue weighted by molar-refractivity contribution is 0.490. The molecule has 0 aliphatic carbocycles. The lowest BCUT2D eigenvalue weighted by Gasteiger charge is -2.17. The number of hydrogen-bond acceptors (Lipinski definition) is 3. The largest absolute Gasteiger partial charge is 0.225 e. The first-order valence-electron chi connectivity index (χ1n) is 5.99. The van der Waals surface area contributed by atoms with Gasteiger partial charge in [0, 0.05) is 5.41 Å². The summed E-state index contributed by atoms with van der Waals surface area (Å²) in [5, 5.41) is 11.9. The van der Waals surface area contributed by atoms with Crippen molar-refractivity contribution < 1.29 is 0 Å². The predicted molar refractivity (Wildman–Crippen MR) is 72.2 cm³/mol. The summed E-state index contributed by atoms with van der Waals surface area (Å²) in [4.78, 5) is 0. The molecule has 1 aromatic heterocycles. The number of rotatable bonds is 3. The fourth-order valence-electron chi connectivity index (χ4n) is 1.78. The zero-order valence-corrected chi connectivity index (χ0v) is 11.1. The standard InChI is InChI=1S/C14H18N4/c1-5-11-6-8-12(9-7-11)10-18-13(14(2,3)4)15-16-17-18/h5-9H,1,10H2,2-4H3. The Morgan fingerprint density at radius 1 is 1.22 bits per heavy atom. The van der Waals surface area contributed by atoms with Crippen molar-refractivity contribution >= 4 is 6.08 Å². The normalized spacial score (nSPS) is 11.5. The Morgan fingerprint density at radius 3 is 2.44 bits per heavy atom. The average Bonchev–Trinajstić information content (AvgIpc) is 2.78. The van der Waals surface area contributed by atoms with Gasteiger partial charge in [-0.3, -0.25) is 0 Å². The summed E-state index contributed by atoms with van der Waals surface area (Å²) >= 11 is 0. The maximum Gasteiger partial charge on any atom is 0.156 e. The van der Waals surface area contributed by atoms with Crippen LogP contribution in [0.15, 0.2) is 30.8 Å². The van der Waals surface area contributed by atoms with Gasteiger partial charge in [-0.2, -0.15) is 0 Å².